The maximum absolute atomic E-state index is 10.3. The average Bonchev–Trinajstić information content (AvgIpc) is 2.36. The average molecular weight is 296 g/mol. The Morgan fingerprint density at radius 1 is 1.30 bits per heavy atom. The third kappa shape index (κ3) is 3.99. The van der Waals surface area contributed by atoms with Crippen LogP contribution in [0, 0.1) is 6.92 Å². The van der Waals surface area contributed by atoms with Crippen LogP contribution in [0.2, 0.25) is 5.02 Å². The van der Waals surface area contributed by atoms with Gasteiger partial charge in [-0.15, -0.1) is 0 Å². The normalized spacial score (nSPS) is 9.50. The highest BCUT2D eigenvalue weighted by atomic mass is 35.5. The Labute approximate surface area is 120 Å². The molecule has 1 heterocycles. The van der Waals surface area contributed by atoms with Crippen molar-refractivity contribution < 1.29 is 9.90 Å². The smallest absolute Gasteiger partial charge is 0.341 e. The largest absolute Gasteiger partial charge is 0.477 e. The number of hydrogen-bond acceptors (Lipinski definition) is 6. The van der Waals surface area contributed by atoms with E-state index in [4.69, 9.17) is 33.9 Å². The first-order valence-corrected chi connectivity index (χ1v) is 5.82. The molecule has 7 N–H and O–H groups in total. The van der Waals surface area contributed by atoms with E-state index in [0.717, 1.165) is 22.5 Å². The van der Waals surface area contributed by atoms with Gasteiger partial charge in [-0.3, -0.25) is 0 Å². The molecule has 0 saturated heterocycles. The summed E-state index contributed by atoms with van der Waals surface area (Å²) in [6, 6.07) is 5.50. The molecule has 0 bridgehead atoms. The fourth-order valence-electron chi connectivity index (χ4n) is 1.20. The molecule has 0 radical (unpaired) electrons. The van der Waals surface area contributed by atoms with E-state index in [1.165, 1.54) is 0 Å². The van der Waals surface area contributed by atoms with Crippen LogP contribution >= 0.6 is 11.6 Å². The molecule has 106 valence electrons. The van der Waals surface area contributed by atoms with Crippen molar-refractivity contribution >= 4 is 35.0 Å². The van der Waals surface area contributed by atoms with Crippen molar-refractivity contribution in [1.29, 1.82) is 0 Å². The zero-order valence-corrected chi connectivity index (χ0v) is 11.4. The van der Waals surface area contributed by atoms with Crippen LogP contribution in [0.15, 0.2) is 24.4 Å². The highest BCUT2D eigenvalue weighted by molar-refractivity contribution is 6.31. The first-order valence-electron chi connectivity index (χ1n) is 5.44. The molecule has 7 nitrogen and oxygen atoms in total. The van der Waals surface area contributed by atoms with Gasteiger partial charge >= 0.3 is 5.97 Å². The molecule has 0 amide bonds. The van der Waals surface area contributed by atoms with Gasteiger partial charge in [0.05, 0.1) is 0 Å². The highest BCUT2D eigenvalue weighted by Crippen LogP contribution is 2.19. The van der Waals surface area contributed by atoms with Crippen molar-refractivity contribution in [3.63, 3.8) is 0 Å². The number of nitrogens with two attached hydrogens (primary N) is 3. The zero-order chi connectivity index (χ0) is 15.3. The minimum atomic E-state index is -1.16. The van der Waals surface area contributed by atoms with Gasteiger partial charge in [-0.25, -0.2) is 9.78 Å². The quantitative estimate of drug-likeness (QED) is 0.585. The summed E-state index contributed by atoms with van der Waals surface area (Å²) in [6.45, 7) is 1.90. The minimum Gasteiger partial charge on any atom is -0.477 e. The predicted molar refractivity (Wildman–Crippen MR) is 78.4 cm³/mol. The van der Waals surface area contributed by atoms with E-state index in [-0.39, 0.29) is 17.3 Å². The van der Waals surface area contributed by atoms with Gasteiger partial charge in [0, 0.05) is 16.9 Å². The number of aromatic carboxylic acids is 1. The number of rotatable bonds is 1. The third-order valence-corrected chi connectivity index (χ3v) is 2.79. The minimum absolute atomic E-state index is 0.0347. The van der Waals surface area contributed by atoms with Gasteiger partial charge in [0.15, 0.2) is 0 Å². The third-order valence-electron chi connectivity index (χ3n) is 2.38. The molecule has 0 spiro atoms. The summed E-state index contributed by atoms with van der Waals surface area (Å²) < 4.78 is 0. The summed E-state index contributed by atoms with van der Waals surface area (Å²) in [4.78, 5) is 17.3. The number of carboxylic acid groups (broad SMARTS) is 1. The SMILES string of the molecule is Cc1c(N)cccc1Cl.Nc1ncc(C(=O)O)c(N)n1. The Morgan fingerprint density at radius 3 is 2.40 bits per heavy atom. The van der Waals surface area contributed by atoms with E-state index in [9.17, 15) is 4.79 Å². The number of carbonyl (C=O) groups is 1. The van der Waals surface area contributed by atoms with E-state index in [1.54, 1.807) is 0 Å². The lowest BCUT2D eigenvalue weighted by molar-refractivity contribution is 0.0697. The van der Waals surface area contributed by atoms with Crippen LogP contribution < -0.4 is 17.2 Å². The monoisotopic (exact) mass is 295 g/mol. The number of benzene rings is 1. The molecule has 1 aromatic carbocycles. The van der Waals surface area contributed by atoms with Crippen LogP contribution in [0.4, 0.5) is 17.5 Å². The van der Waals surface area contributed by atoms with Crippen LogP contribution in [-0.2, 0) is 0 Å². The first-order chi connectivity index (χ1) is 9.32. The second-order valence-electron chi connectivity index (χ2n) is 3.79. The molecular weight excluding hydrogens is 282 g/mol. The first kappa shape index (κ1) is 15.5. The fourth-order valence-corrected chi connectivity index (χ4v) is 1.38. The lowest BCUT2D eigenvalue weighted by Crippen LogP contribution is -2.07. The molecule has 20 heavy (non-hydrogen) atoms. The Kier molecular flexibility index (Phi) is 5.10. The molecule has 0 unspecified atom stereocenters. The maximum atomic E-state index is 10.3. The zero-order valence-electron chi connectivity index (χ0n) is 10.7. The predicted octanol–water partition coefficient (Wildman–Crippen LogP) is 1.57. The van der Waals surface area contributed by atoms with Crippen LogP contribution in [0.5, 0.6) is 0 Å². The van der Waals surface area contributed by atoms with Crippen LogP contribution in [0.25, 0.3) is 0 Å². The molecule has 0 aliphatic heterocycles. The summed E-state index contributed by atoms with van der Waals surface area (Å²) >= 11 is 5.73. The van der Waals surface area contributed by atoms with E-state index in [0.29, 0.717) is 0 Å². The summed E-state index contributed by atoms with van der Waals surface area (Å²) in [5.41, 5.74) is 17.4. The van der Waals surface area contributed by atoms with Gasteiger partial charge < -0.3 is 22.3 Å². The van der Waals surface area contributed by atoms with Gasteiger partial charge in [0.1, 0.15) is 11.4 Å². The summed E-state index contributed by atoms with van der Waals surface area (Å²) in [6.07, 6.45) is 1.07. The number of anilines is 3. The van der Waals surface area contributed by atoms with Crippen molar-refractivity contribution in [2.24, 2.45) is 0 Å². The van der Waals surface area contributed by atoms with Crippen molar-refractivity contribution in [2.45, 2.75) is 6.92 Å². The molecule has 0 fully saturated rings. The lowest BCUT2D eigenvalue weighted by atomic mass is 10.2. The molecule has 0 atom stereocenters. The fraction of sp³-hybridized carbons (Fsp3) is 0.0833. The Bertz CT molecular complexity index is 613. The molecule has 8 heteroatoms. The van der Waals surface area contributed by atoms with Crippen LogP contribution in [0.1, 0.15) is 15.9 Å². The number of hydrogen-bond donors (Lipinski definition) is 4. The molecule has 0 aliphatic carbocycles. The Hall–Kier alpha value is -2.54. The lowest BCUT2D eigenvalue weighted by Gasteiger charge is -1.98. The van der Waals surface area contributed by atoms with E-state index >= 15 is 0 Å². The number of aromatic nitrogens is 2. The molecule has 2 aromatic rings. The van der Waals surface area contributed by atoms with E-state index < -0.39 is 5.97 Å². The molecular formula is C12H14ClN5O2. The van der Waals surface area contributed by atoms with E-state index in [1.807, 2.05) is 25.1 Å². The summed E-state index contributed by atoms with van der Waals surface area (Å²) in [5, 5.41) is 9.19. The number of carboxylic acids is 1. The van der Waals surface area contributed by atoms with Gasteiger partial charge in [0.2, 0.25) is 5.95 Å². The standard InChI is InChI=1S/C7H8ClN.C5H6N4O2/c1-5-6(8)3-2-4-7(5)9;6-3-2(4(10)11)1-8-5(7)9-3/h2-4H,9H2,1H3;1H,(H,10,11)(H4,6,7,8,9). The van der Waals surface area contributed by atoms with Crippen molar-refractivity contribution in [1.82, 2.24) is 9.97 Å². The van der Waals surface area contributed by atoms with Crippen molar-refractivity contribution in [3.05, 3.63) is 40.5 Å². The van der Waals surface area contributed by atoms with Crippen LogP contribution in [0.3, 0.4) is 0 Å². The van der Waals surface area contributed by atoms with Gasteiger partial charge in [0.25, 0.3) is 0 Å². The molecule has 2 rings (SSSR count). The summed E-state index contributed by atoms with van der Waals surface area (Å²) in [7, 11) is 0. The Balaban J connectivity index is 0.000000204. The Morgan fingerprint density at radius 2 is 1.95 bits per heavy atom. The van der Waals surface area contributed by atoms with E-state index in [2.05, 4.69) is 9.97 Å². The molecule has 1 aromatic heterocycles. The number of halogens is 1. The van der Waals surface area contributed by atoms with Crippen molar-refractivity contribution in [3.8, 4) is 0 Å². The summed E-state index contributed by atoms with van der Waals surface area (Å²) in [5.74, 6) is -1.32. The number of nitrogens with zero attached hydrogens (tertiary/aromatic N) is 2. The second kappa shape index (κ2) is 6.58. The highest BCUT2D eigenvalue weighted by Gasteiger charge is 2.08. The van der Waals surface area contributed by atoms with Gasteiger partial charge in [-0.1, -0.05) is 17.7 Å². The van der Waals surface area contributed by atoms with Gasteiger partial charge in [-0.2, -0.15) is 4.98 Å². The van der Waals surface area contributed by atoms with Crippen LogP contribution in [-0.4, -0.2) is 21.0 Å². The van der Waals surface area contributed by atoms with Gasteiger partial charge in [-0.05, 0) is 24.6 Å². The second-order valence-corrected chi connectivity index (χ2v) is 4.19. The topological polar surface area (TPSA) is 141 Å². The number of nitrogen functional groups attached to an aromatic ring is 3. The molecule has 0 aliphatic rings. The maximum Gasteiger partial charge on any atom is 0.341 e. The molecule has 0 saturated carbocycles. The van der Waals surface area contributed by atoms with Crippen molar-refractivity contribution in [2.75, 3.05) is 17.2 Å².